The van der Waals surface area contributed by atoms with E-state index in [4.69, 9.17) is 5.73 Å². The van der Waals surface area contributed by atoms with Crippen molar-refractivity contribution >= 4 is 11.6 Å². The molecule has 1 heterocycles. The highest BCUT2D eigenvalue weighted by atomic mass is 19.4. The number of anilines is 1. The predicted molar refractivity (Wildman–Crippen MR) is 74.7 cm³/mol. The fourth-order valence-electron chi connectivity index (χ4n) is 2.54. The second-order valence-corrected chi connectivity index (χ2v) is 5.79. The molecule has 2 unspecified atom stereocenters. The van der Waals surface area contributed by atoms with Crippen LogP contribution in [0.25, 0.3) is 0 Å². The van der Waals surface area contributed by atoms with Crippen molar-refractivity contribution in [2.75, 3.05) is 18.8 Å². The Kier molecular flexibility index (Phi) is 4.16. The van der Waals surface area contributed by atoms with Gasteiger partial charge in [0.25, 0.3) is 5.91 Å². The number of nitrogens with two attached hydrogens (primary N) is 1. The number of hydrogen-bond donors (Lipinski definition) is 1. The highest BCUT2D eigenvalue weighted by molar-refractivity contribution is 5.99. The molecule has 0 saturated carbocycles. The Morgan fingerprint density at radius 2 is 1.95 bits per heavy atom. The Morgan fingerprint density at radius 3 is 2.52 bits per heavy atom. The standard InChI is InChI=1S/C15H19F3N2O/c1-9-5-6-20(8-10(9)2)14(21)12-7-11(15(16,17)18)3-4-13(12)19/h3-4,7,9-10H,5-6,8,19H2,1-2H3. The van der Waals surface area contributed by atoms with Gasteiger partial charge in [0.2, 0.25) is 0 Å². The first-order valence-electron chi connectivity index (χ1n) is 6.96. The molecule has 1 amide bonds. The second-order valence-electron chi connectivity index (χ2n) is 5.79. The van der Waals surface area contributed by atoms with Crippen LogP contribution in [0.5, 0.6) is 0 Å². The SMILES string of the molecule is CC1CCN(C(=O)c2cc(C(F)(F)F)ccc2N)CC1C. The van der Waals surface area contributed by atoms with Gasteiger partial charge in [0.05, 0.1) is 11.1 Å². The van der Waals surface area contributed by atoms with Crippen LogP contribution in [0.1, 0.15) is 36.2 Å². The van der Waals surface area contributed by atoms with Crippen LogP contribution in [0.4, 0.5) is 18.9 Å². The van der Waals surface area contributed by atoms with Crippen molar-refractivity contribution in [3.63, 3.8) is 0 Å². The topological polar surface area (TPSA) is 46.3 Å². The van der Waals surface area contributed by atoms with Crippen LogP contribution >= 0.6 is 0 Å². The van der Waals surface area contributed by atoms with E-state index in [1.54, 1.807) is 4.90 Å². The molecule has 21 heavy (non-hydrogen) atoms. The molecule has 1 saturated heterocycles. The molecular weight excluding hydrogens is 281 g/mol. The third-order valence-corrected chi connectivity index (χ3v) is 4.23. The van der Waals surface area contributed by atoms with Crippen molar-refractivity contribution in [2.45, 2.75) is 26.4 Å². The van der Waals surface area contributed by atoms with E-state index < -0.39 is 17.6 Å². The maximum atomic E-state index is 12.8. The number of halogens is 3. The largest absolute Gasteiger partial charge is 0.416 e. The molecule has 116 valence electrons. The van der Waals surface area contributed by atoms with E-state index in [2.05, 4.69) is 6.92 Å². The van der Waals surface area contributed by atoms with Crippen LogP contribution in [0.15, 0.2) is 18.2 Å². The third kappa shape index (κ3) is 3.31. The molecule has 0 spiro atoms. The van der Waals surface area contributed by atoms with Gasteiger partial charge in [-0.3, -0.25) is 4.79 Å². The van der Waals surface area contributed by atoms with Crippen molar-refractivity contribution in [1.29, 1.82) is 0 Å². The summed E-state index contributed by atoms with van der Waals surface area (Å²) in [5, 5.41) is 0. The number of carbonyl (C=O) groups excluding carboxylic acids is 1. The van der Waals surface area contributed by atoms with Gasteiger partial charge in [-0.15, -0.1) is 0 Å². The molecule has 0 radical (unpaired) electrons. The number of alkyl halides is 3. The van der Waals surface area contributed by atoms with E-state index in [1.807, 2.05) is 6.92 Å². The number of nitrogens with zero attached hydrogens (tertiary/aromatic N) is 1. The number of likely N-dealkylation sites (tertiary alicyclic amines) is 1. The quantitative estimate of drug-likeness (QED) is 0.808. The van der Waals surface area contributed by atoms with Crippen LogP contribution in [0, 0.1) is 11.8 Å². The first-order valence-corrected chi connectivity index (χ1v) is 6.96. The first-order chi connectivity index (χ1) is 9.70. The second kappa shape index (κ2) is 5.58. The molecule has 2 atom stereocenters. The van der Waals surface area contributed by atoms with Gasteiger partial charge in [0.15, 0.2) is 0 Å². The minimum absolute atomic E-state index is 0.0634. The summed E-state index contributed by atoms with van der Waals surface area (Å²) in [4.78, 5) is 14.0. The molecule has 1 aromatic carbocycles. The number of nitrogen functional groups attached to an aromatic ring is 1. The van der Waals surface area contributed by atoms with E-state index in [9.17, 15) is 18.0 Å². The van der Waals surface area contributed by atoms with Gasteiger partial charge < -0.3 is 10.6 Å². The van der Waals surface area contributed by atoms with Gasteiger partial charge in [0.1, 0.15) is 0 Å². The van der Waals surface area contributed by atoms with Gasteiger partial charge in [-0.25, -0.2) is 0 Å². The fraction of sp³-hybridized carbons (Fsp3) is 0.533. The van der Waals surface area contributed by atoms with Crippen molar-refractivity contribution in [1.82, 2.24) is 4.90 Å². The lowest BCUT2D eigenvalue weighted by Gasteiger charge is -2.35. The lowest BCUT2D eigenvalue weighted by molar-refractivity contribution is -0.137. The number of amides is 1. The number of hydrogen-bond acceptors (Lipinski definition) is 2. The summed E-state index contributed by atoms with van der Waals surface area (Å²) in [6.45, 7) is 5.26. The van der Waals surface area contributed by atoms with Gasteiger partial charge >= 0.3 is 6.18 Å². The van der Waals surface area contributed by atoms with E-state index in [1.165, 1.54) is 0 Å². The fourth-order valence-corrected chi connectivity index (χ4v) is 2.54. The Balaban J connectivity index is 2.27. The summed E-state index contributed by atoms with van der Waals surface area (Å²) >= 11 is 0. The lowest BCUT2D eigenvalue weighted by Crippen LogP contribution is -2.42. The average Bonchev–Trinajstić information content (AvgIpc) is 2.40. The van der Waals surface area contributed by atoms with Crippen LogP contribution in [-0.2, 0) is 6.18 Å². The Bertz CT molecular complexity index is 542. The van der Waals surface area contributed by atoms with E-state index >= 15 is 0 Å². The maximum absolute atomic E-state index is 12.8. The number of piperidine rings is 1. The van der Waals surface area contributed by atoms with Gasteiger partial charge in [-0.2, -0.15) is 13.2 Å². The number of benzene rings is 1. The molecule has 1 aliphatic rings. The highest BCUT2D eigenvalue weighted by Crippen LogP contribution is 2.32. The van der Waals surface area contributed by atoms with Gasteiger partial charge in [0, 0.05) is 18.8 Å². The van der Waals surface area contributed by atoms with Crippen LogP contribution in [0.3, 0.4) is 0 Å². The smallest absolute Gasteiger partial charge is 0.398 e. The average molecular weight is 300 g/mol. The first kappa shape index (κ1) is 15.7. The third-order valence-electron chi connectivity index (χ3n) is 4.23. The predicted octanol–water partition coefficient (Wildman–Crippen LogP) is 3.41. The zero-order chi connectivity index (χ0) is 15.8. The van der Waals surface area contributed by atoms with Crippen LogP contribution in [0.2, 0.25) is 0 Å². The van der Waals surface area contributed by atoms with Crippen molar-refractivity contribution in [2.24, 2.45) is 11.8 Å². The summed E-state index contributed by atoms with van der Waals surface area (Å²) in [5.74, 6) is 0.417. The summed E-state index contributed by atoms with van der Waals surface area (Å²) in [5.41, 5.74) is 4.86. The Hall–Kier alpha value is -1.72. The van der Waals surface area contributed by atoms with Crippen LogP contribution < -0.4 is 5.73 Å². The molecule has 1 aromatic rings. The Morgan fingerprint density at radius 1 is 1.29 bits per heavy atom. The molecule has 1 aliphatic heterocycles. The van der Waals surface area contributed by atoms with Crippen molar-refractivity contribution in [3.8, 4) is 0 Å². The number of carbonyl (C=O) groups is 1. The minimum Gasteiger partial charge on any atom is -0.398 e. The summed E-state index contributed by atoms with van der Waals surface area (Å²) < 4.78 is 38.3. The molecule has 2 N–H and O–H groups in total. The van der Waals surface area contributed by atoms with E-state index in [-0.39, 0.29) is 11.3 Å². The molecule has 0 aliphatic carbocycles. The van der Waals surface area contributed by atoms with E-state index in [0.29, 0.717) is 24.9 Å². The summed E-state index contributed by atoms with van der Waals surface area (Å²) in [6.07, 6.45) is -3.63. The van der Waals surface area contributed by atoms with Gasteiger partial charge in [-0.1, -0.05) is 13.8 Å². The molecule has 6 heteroatoms. The molecule has 0 aromatic heterocycles. The lowest BCUT2D eigenvalue weighted by atomic mass is 9.88. The van der Waals surface area contributed by atoms with Crippen molar-refractivity contribution < 1.29 is 18.0 Å². The van der Waals surface area contributed by atoms with E-state index in [0.717, 1.165) is 24.6 Å². The highest BCUT2D eigenvalue weighted by Gasteiger charge is 2.33. The van der Waals surface area contributed by atoms with Gasteiger partial charge in [-0.05, 0) is 36.5 Å². The maximum Gasteiger partial charge on any atom is 0.416 e. The molecule has 0 bridgehead atoms. The molecule has 3 nitrogen and oxygen atoms in total. The van der Waals surface area contributed by atoms with Crippen LogP contribution in [-0.4, -0.2) is 23.9 Å². The zero-order valence-corrected chi connectivity index (χ0v) is 12.1. The normalized spacial score (nSPS) is 23.2. The monoisotopic (exact) mass is 300 g/mol. The molecule has 2 rings (SSSR count). The van der Waals surface area contributed by atoms with Crippen molar-refractivity contribution in [3.05, 3.63) is 29.3 Å². The summed E-state index contributed by atoms with van der Waals surface area (Å²) in [7, 11) is 0. The molecular formula is C15H19F3N2O. The summed E-state index contributed by atoms with van der Waals surface area (Å²) in [6, 6.07) is 2.89. The zero-order valence-electron chi connectivity index (χ0n) is 12.1. The molecule has 1 fully saturated rings. The Labute approximate surface area is 121 Å². The minimum atomic E-state index is -4.48. The number of rotatable bonds is 1.